The second-order valence-corrected chi connectivity index (χ2v) is 25.0. The third kappa shape index (κ3) is 16.3. The smallest absolute Gasteiger partial charge is 0.332 e. The number of benzene rings is 5. The minimum atomic E-state index is -0.0260. The van der Waals surface area contributed by atoms with Crippen molar-refractivity contribution < 1.29 is 19.1 Å². The highest BCUT2D eigenvalue weighted by atomic mass is 79.9. The Morgan fingerprint density at radius 2 is 0.743 bits per heavy atom. The molecule has 0 amide bonds. The molecule has 0 atom stereocenters. The Kier molecular flexibility index (Phi) is 22.9. The van der Waals surface area contributed by atoms with Crippen LogP contribution in [0.2, 0.25) is 0 Å². The SMILES string of the molecule is CCCCCCCCOc1cc(OCCCCCCCC)c(C#Cc2cc(Br)c(C(=[N+]=[N-])c3c(C)cc(C(C)(C)C)cc3C)c(Br)c2)cc1C#Cc1cc(Br)c(C(=[N+]=[N-])c2c(C)cc(C(C)(C)C)cc2C)c(Br)c1. The van der Waals surface area contributed by atoms with Crippen molar-refractivity contribution in [2.45, 2.75) is 171 Å². The third-order valence-electron chi connectivity index (χ3n) is 13.3. The van der Waals surface area contributed by atoms with Crippen LogP contribution in [0, 0.1) is 51.4 Å². The molecule has 0 N–H and O–H groups in total. The van der Waals surface area contributed by atoms with E-state index in [2.05, 4.69) is 204 Å². The van der Waals surface area contributed by atoms with Gasteiger partial charge in [-0.1, -0.05) is 168 Å². The third-order valence-corrected chi connectivity index (χ3v) is 15.8. The fourth-order valence-corrected chi connectivity index (χ4v) is 12.3. The van der Waals surface area contributed by atoms with E-state index < -0.39 is 0 Å². The molecule has 0 unspecified atom stereocenters. The minimum Gasteiger partial charge on any atom is -0.492 e. The van der Waals surface area contributed by atoms with Crippen LogP contribution in [0.4, 0.5) is 0 Å². The Balaban J connectivity index is 1.59. The summed E-state index contributed by atoms with van der Waals surface area (Å²) in [4.78, 5) is 7.73. The predicted octanol–water partition coefficient (Wildman–Crippen LogP) is 19.0. The number of hydrogen-bond acceptors (Lipinski definition) is 2. The number of hydrogen-bond donors (Lipinski definition) is 0. The van der Waals surface area contributed by atoms with Gasteiger partial charge in [-0.3, -0.25) is 0 Å². The van der Waals surface area contributed by atoms with Crippen LogP contribution in [-0.2, 0) is 10.8 Å². The summed E-state index contributed by atoms with van der Waals surface area (Å²) in [5, 5.41) is 0. The average molecular weight is 1250 g/mol. The molecule has 390 valence electrons. The molecule has 0 fully saturated rings. The van der Waals surface area contributed by atoms with Crippen molar-refractivity contribution in [2.75, 3.05) is 13.2 Å². The van der Waals surface area contributed by atoms with Crippen molar-refractivity contribution in [3.8, 4) is 35.2 Å². The lowest BCUT2D eigenvalue weighted by Crippen LogP contribution is -2.16. The summed E-state index contributed by atoms with van der Waals surface area (Å²) in [7, 11) is 0. The van der Waals surface area contributed by atoms with Crippen molar-refractivity contribution in [3.63, 3.8) is 0 Å². The number of rotatable bonds is 20. The summed E-state index contributed by atoms with van der Waals surface area (Å²) in [6, 6.07) is 20.5. The Hall–Kier alpha value is -4.50. The molecule has 0 heterocycles. The standard InChI is InChI=1S/C64H74Br4N4O2/c1-13-15-17-19-21-23-29-73-55-40-56(74-30-24-22-20-18-16-14-2)48(28-26-46-37-53(67)60(54(68)38-46)62(72-70)58-43(5)33-50(34-44(58)6)64(10,11)12)39-47(55)27-25-45-35-51(65)59(52(66)36-45)61(71-69)57-41(3)31-49(32-42(57)4)63(7,8)9/h31-40H,13-24,29-30H2,1-12H3. The van der Waals surface area contributed by atoms with E-state index >= 15 is 0 Å². The zero-order valence-corrected chi connectivity index (χ0v) is 52.1. The van der Waals surface area contributed by atoms with Gasteiger partial charge in [-0.05, 0) is 179 Å². The Labute approximate surface area is 477 Å². The first-order valence-corrected chi connectivity index (χ1v) is 29.4. The van der Waals surface area contributed by atoms with Gasteiger partial charge in [0.15, 0.2) is 0 Å². The van der Waals surface area contributed by atoms with Crippen molar-refractivity contribution in [2.24, 2.45) is 0 Å². The molecular weight excluding hydrogens is 1180 g/mol. The predicted molar refractivity (Wildman–Crippen MR) is 323 cm³/mol. The number of halogens is 4. The molecule has 0 aliphatic rings. The van der Waals surface area contributed by atoms with Gasteiger partial charge in [-0.15, -0.1) is 0 Å². The summed E-state index contributed by atoms with van der Waals surface area (Å²) in [5.41, 5.74) is 34.7. The molecule has 0 radical (unpaired) electrons. The molecule has 0 spiro atoms. The van der Waals surface area contributed by atoms with Crippen molar-refractivity contribution in [1.29, 1.82) is 0 Å². The van der Waals surface area contributed by atoms with Crippen LogP contribution < -0.4 is 9.47 Å². The maximum atomic E-state index is 10.6. The van der Waals surface area contributed by atoms with Gasteiger partial charge in [0.05, 0.1) is 46.6 Å². The van der Waals surface area contributed by atoms with Gasteiger partial charge >= 0.3 is 11.4 Å². The van der Waals surface area contributed by atoms with E-state index in [1.54, 1.807) is 0 Å². The fraction of sp³-hybridized carbons (Fsp3) is 0.438. The van der Waals surface area contributed by atoms with Gasteiger partial charge in [-0.25, -0.2) is 0 Å². The molecule has 0 bridgehead atoms. The van der Waals surface area contributed by atoms with Crippen LogP contribution in [0.5, 0.6) is 11.5 Å². The highest BCUT2D eigenvalue weighted by Crippen LogP contribution is 2.36. The van der Waals surface area contributed by atoms with Crippen LogP contribution in [0.25, 0.3) is 11.1 Å². The van der Waals surface area contributed by atoms with Crippen LogP contribution in [0.3, 0.4) is 0 Å². The Morgan fingerprint density at radius 1 is 0.432 bits per heavy atom. The topological polar surface area (TPSA) is 91.3 Å². The van der Waals surface area contributed by atoms with E-state index in [0.717, 1.165) is 99.2 Å². The van der Waals surface area contributed by atoms with Crippen molar-refractivity contribution in [1.82, 2.24) is 0 Å². The second kappa shape index (κ2) is 28.0. The molecule has 10 heteroatoms. The van der Waals surface area contributed by atoms with E-state index in [9.17, 15) is 11.1 Å². The first-order chi connectivity index (χ1) is 35.1. The van der Waals surface area contributed by atoms with E-state index in [1.165, 1.54) is 62.5 Å². The maximum Gasteiger partial charge on any atom is 0.332 e. The molecule has 0 aliphatic carbocycles. The van der Waals surface area contributed by atoms with Crippen LogP contribution >= 0.6 is 63.7 Å². The van der Waals surface area contributed by atoms with Crippen molar-refractivity contribution in [3.05, 3.63) is 168 Å². The number of unbranched alkanes of at least 4 members (excludes halogenated alkanes) is 10. The van der Waals surface area contributed by atoms with Crippen LogP contribution in [0.15, 0.2) is 78.6 Å². The Bertz CT molecular complexity index is 2770. The maximum absolute atomic E-state index is 10.6. The summed E-state index contributed by atoms with van der Waals surface area (Å²) in [6.07, 6.45) is 13.8. The zero-order chi connectivity index (χ0) is 54.3. The first kappa shape index (κ1) is 60.4. The summed E-state index contributed by atoms with van der Waals surface area (Å²) in [6.45, 7) is 27.0. The molecule has 5 rings (SSSR count). The Morgan fingerprint density at radius 3 is 1.04 bits per heavy atom. The summed E-state index contributed by atoms with van der Waals surface area (Å²) < 4.78 is 16.1. The summed E-state index contributed by atoms with van der Waals surface area (Å²) in [5.74, 6) is 15.0. The van der Waals surface area contributed by atoms with E-state index in [-0.39, 0.29) is 10.8 Å². The van der Waals surface area contributed by atoms with Gasteiger partial charge in [-0.2, -0.15) is 9.58 Å². The lowest BCUT2D eigenvalue weighted by Gasteiger charge is -2.21. The lowest BCUT2D eigenvalue weighted by atomic mass is 9.82. The molecule has 0 saturated carbocycles. The summed E-state index contributed by atoms with van der Waals surface area (Å²) >= 11 is 15.3. The van der Waals surface area contributed by atoms with Gasteiger partial charge in [0.2, 0.25) is 0 Å². The van der Waals surface area contributed by atoms with E-state index in [1.807, 2.05) is 36.4 Å². The van der Waals surface area contributed by atoms with Crippen LogP contribution in [0.1, 0.15) is 210 Å². The quantitative estimate of drug-likeness (QED) is 0.0255. The fourth-order valence-electron chi connectivity index (χ4n) is 9.14. The average Bonchev–Trinajstić information content (AvgIpc) is 3.32. The van der Waals surface area contributed by atoms with Gasteiger partial charge < -0.3 is 20.5 Å². The molecule has 0 saturated heterocycles. The molecule has 5 aromatic rings. The number of nitrogens with zero attached hydrogens (tertiary/aromatic N) is 4. The first-order valence-electron chi connectivity index (χ1n) is 26.3. The number of ether oxygens (including phenoxy) is 2. The largest absolute Gasteiger partial charge is 0.492 e. The lowest BCUT2D eigenvalue weighted by molar-refractivity contribution is -0.00343. The molecule has 74 heavy (non-hydrogen) atoms. The van der Waals surface area contributed by atoms with Gasteiger partial charge in [0, 0.05) is 35.1 Å². The molecule has 0 aliphatic heterocycles. The highest BCUT2D eigenvalue weighted by molar-refractivity contribution is 9.11. The number of aryl methyl sites for hydroxylation is 4. The van der Waals surface area contributed by atoms with Gasteiger partial charge in [0.1, 0.15) is 11.5 Å². The highest BCUT2D eigenvalue weighted by Gasteiger charge is 2.29. The molecule has 5 aromatic carbocycles. The molecule has 6 nitrogen and oxygen atoms in total. The second-order valence-electron chi connectivity index (χ2n) is 21.6. The van der Waals surface area contributed by atoms with Crippen LogP contribution in [-0.4, -0.2) is 34.2 Å². The molecular formula is C64H74Br4N4O2. The van der Waals surface area contributed by atoms with Crippen molar-refractivity contribution >= 4 is 75.1 Å². The van der Waals surface area contributed by atoms with Gasteiger partial charge in [0.25, 0.3) is 0 Å². The van der Waals surface area contributed by atoms with E-state index in [0.29, 0.717) is 47.3 Å². The monoisotopic (exact) mass is 1250 g/mol. The normalized spacial score (nSPS) is 11.2. The molecule has 0 aromatic heterocycles. The van der Waals surface area contributed by atoms with E-state index in [4.69, 9.17) is 9.47 Å². The minimum absolute atomic E-state index is 0.0260. The zero-order valence-electron chi connectivity index (χ0n) is 45.8.